The maximum atomic E-state index is 12.1. The summed E-state index contributed by atoms with van der Waals surface area (Å²) in [4.78, 5) is 23.6. The van der Waals surface area contributed by atoms with Gasteiger partial charge in [-0.3, -0.25) is 9.59 Å². The molecule has 1 saturated carbocycles. The van der Waals surface area contributed by atoms with Gasteiger partial charge in [0.25, 0.3) is 0 Å². The molecule has 1 aliphatic rings. The Kier molecular flexibility index (Phi) is 6.59. The van der Waals surface area contributed by atoms with Gasteiger partial charge in [-0.15, -0.1) is 6.42 Å². The molecular formula is C18H22N2O4S. The predicted octanol–water partition coefficient (Wildman–Crippen LogP) is 1.47. The van der Waals surface area contributed by atoms with E-state index in [4.69, 9.17) is 6.42 Å². The van der Waals surface area contributed by atoms with E-state index in [-0.39, 0.29) is 24.0 Å². The fraction of sp³-hybridized carbons (Fsp3) is 0.444. The van der Waals surface area contributed by atoms with Gasteiger partial charge in [0.1, 0.15) is 0 Å². The standard InChI is InChI=1S/C18H22N2O4S/c1-2-14-6-5-7-15(12-14)20-18(22)13-19-17(21)10-11-25(23,24)16-8-3-4-9-16/h1,5-7,12,16H,3-4,8-11,13H2,(H,19,21)(H,20,22). The van der Waals surface area contributed by atoms with Crippen LogP contribution in [0.1, 0.15) is 37.7 Å². The maximum Gasteiger partial charge on any atom is 0.243 e. The van der Waals surface area contributed by atoms with Crippen molar-refractivity contribution in [3.8, 4) is 12.3 Å². The van der Waals surface area contributed by atoms with Crippen molar-refractivity contribution < 1.29 is 18.0 Å². The molecule has 1 aromatic rings. The van der Waals surface area contributed by atoms with E-state index in [1.165, 1.54) is 0 Å². The molecule has 25 heavy (non-hydrogen) atoms. The van der Waals surface area contributed by atoms with E-state index < -0.39 is 21.7 Å². The van der Waals surface area contributed by atoms with Gasteiger partial charge in [-0.25, -0.2) is 8.42 Å². The van der Waals surface area contributed by atoms with E-state index in [0.29, 0.717) is 24.1 Å². The lowest BCUT2D eigenvalue weighted by molar-refractivity contribution is -0.123. The molecule has 0 heterocycles. The summed E-state index contributed by atoms with van der Waals surface area (Å²) in [6.07, 6.45) is 8.39. The SMILES string of the molecule is C#Cc1cccc(NC(=O)CNC(=O)CCS(=O)(=O)C2CCCC2)c1. The van der Waals surface area contributed by atoms with Crippen LogP contribution in [-0.2, 0) is 19.4 Å². The second-order valence-electron chi connectivity index (χ2n) is 6.07. The number of amides is 2. The van der Waals surface area contributed by atoms with Crippen LogP contribution in [0.2, 0.25) is 0 Å². The van der Waals surface area contributed by atoms with Gasteiger partial charge in [-0.05, 0) is 31.0 Å². The minimum absolute atomic E-state index is 0.126. The molecule has 0 radical (unpaired) electrons. The van der Waals surface area contributed by atoms with Crippen molar-refractivity contribution in [1.82, 2.24) is 5.32 Å². The van der Waals surface area contributed by atoms with Gasteiger partial charge >= 0.3 is 0 Å². The number of carbonyl (C=O) groups is 2. The van der Waals surface area contributed by atoms with E-state index in [1.807, 2.05) is 0 Å². The van der Waals surface area contributed by atoms with Crippen molar-refractivity contribution in [3.05, 3.63) is 29.8 Å². The molecule has 0 saturated heterocycles. The second kappa shape index (κ2) is 8.67. The first-order chi connectivity index (χ1) is 11.9. The highest BCUT2D eigenvalue weighted by Crippen LogP contribution is 2.25. The number of benzene rings is 1. The molecule has 6 nitrogen and oxygen atoms in total. The van der Waals surface area contributed by atoms with Gasteiger partial charge in [0.05, 0.1) is 17.5 Å². The molecule has 1 fully saturated rings. The van der Waals surface area contributed by atoms with E-state index in [9.17, 15) is 18.0 Å². The normalized spacial score (nSPS) is 14.7. The molecule has 2 amide bonds. The van der Waals surface area contributed by atoms with Crippen LogP contribution < -0.4 is 10.6 Å². The first-order valence-corrected chi connectivity index (χ1v) is 9.97. The van der Waals surface area contributed by atoms with Gasteiger partial charge in [-0.1, -0.05) is 24.8 Å². The Morgan fingerprint density at radius 2 is 1.92 bits per heavy atom. The Morgan fingerprint density at radius 3 is 2.60 bits per heavy atom. The highest BCUT2D eigenvalue weighted by atomic mass is 32.2. The molecule has 0 bridgehead atoms. The van der Waals surface area contributed by atoms with Crippen molar-refractivity contribution in [2.45, 2.75) is 37.4 Å². The molecule has 134 valence electrons. The van der Waals surface area contributed by atoms with E-state index in [1.54, 1.807) is 24.3 Å². The van der Waals surface area contributed by atoms with Crippen molar-refractivity contribution >= 4 is 27.3 Å². The smallest absolute Gasteiger partial charge is 0.243 e. The molecule has 0 atom stereocenters. The van der Waals surface area contributed by atoms with Crippen LogP contribution in [0.15, 0.2) is 24.3 Å². The molecule has 0 aromatic heterocycles. The van der Waals surface area contributed by atoms with Gasteiger partial charge < -0.3 is 10.6 Å². The number of nitrogens with one attached hydrogen (secondary N) is 2. The van der Waals surface area contributed by atoms with Crippen LogP contribution in [0.4, 0.5) is 5.69 Å². The van der Waals surface area contributed by atoms with Gasteiger partial charge in [0, 0.05) is 17.7 Å². The van der Waals surface area contributed by atoms with Gasteiger partial charge in [0.2, 0.25) is 11.8 Å². The zero-order chi connectivity index (χ0) is 18.3. The van der Waals surface area contributed by atoms with Crippen LogP contribution in [-0.4, -0.2) is 37.8 Å². The largest absolute Gasteiger partial charge is 0.347 e. The lowest BCUT2D eigenvalue weighted by Gasteiger charge is -2.11. The summed E-state index contributed by atoms with van der Waals surface area (Å²) in [5.74, 6) is 1.44. The fourth-order valence-electron chi connectivity index (χ4n) is 2.81. The molecule has 1 aliphatic carbocycles. The molecule has 0 unspecified atom stereocenters. The number of terminal acetylenes is 1. The quantitative estimate of drug-likeness (QED) is 0.719. The molecule has 0 aliphatic heterocycles. The zero-order valence-corrected chi connectivity index (χ0v) is 14.8. The third-order valence-electron chi connectivity index (χ3n) is 4.18. The summed E-state index contributed by atoms with van der Waals surface area (Å²) in [6, 6.07) is 6.79. The Balaban J connectivity index is 1.74. The average Bonchev–Trinajstić information content (AvgIpc) is 3.14. The number of carbonyl (C=O) groups excluding carboxylic acids is 2. The average molecular weight is 362 g/mol. The first kappa shape index (κ1) is 19.0. The van der Waals surface area contributed by atoms with E-state index >= 15 is 0 Å². The van der Waals surface area contributed by atoms with Crippen molar-refractivity contribution in [3.63, 3.8) is 0 Å². The fourth-order valence-corrected chi connectivity index (χ4v) is 4.66. The third-order valence-corrected chi connectivity index (χ3v) is 6.44. The number of anilines is 1. The van der Waals surface area contributed by atoms with Gasteiger partial charge in [0.15, 0.2) is 9.84 Å². The monoisotopic (exact) mass is 362 g/mol. The highest BCUT2D eigenvalue weighted by Gasteiger charge is 2.28. The zero-order valence-electron chi connectivity index (χ0n) is 14.0. The number of hydrogen-bond donors (Lipinski definition) is 2. The highest BCUT2D eigenvalue weighted by molar-refractivity contribution is 7.92. The Morgan fingerprint density at radius 1 is 1.20 bits per heavy atom. The second-order valence-corrected chi connectivity index (χ2v) is 8.47. The summed E-state index contributed by atoms with van der Waals surface area (Å²) in [7, 11) is -3.23. The van der Waals surface area contributed by atoms with E-state index in [2.05, 4.69) is 16.6 Å². The summed E-state index contributed by atoms with van der Waals surface area (Å²) in [6.45, 7) is -0.220. The van der Waals surface area contributed by atoms with Crippen LogP contribution >= 0.6 is 0 Å². The molecule has 2 rings (SSSR count). The molecular weight excluding hydrogens is 340 g/mol. The number of rotatable bonds is 7. The Hall–Kier alpha value is -2.33. The number of sulfone groups is 1. The van der Waals surface area contributed by atoms with Crippen LogP contribution in [0.5, 0.6) is 0 Å². The van der Waals surface area contributed by atoms with Crippen molar-refractivity contribution in [2.75, 3.05) is 17.6 Å². The summed E-state index contributed by atoms with van der Waals surface area (Å²) in [5.41, 5.74) is 1.18. The topological polar surface area (TPSA) is 92.3 Å². The van der Waals surface area contributed by atoms with Crippen molar-refractivity contribution in [1.29, 1.82) is 0 Å². The number of hydrogen-bond acceptors (Lipinski definition) is 4. The summed E-state index contributed by atoms with van der Waals surface area (Å²) in [5, 5.41) is 4.75. The van der Waals surface area contributed by atoms with Crippen LogP contribution in [0, 0.1) is 12.3 Å². The molecule has 1 aromatic carbocycles. The minimum atomic E-state index is -3.23. The predicted molar refractivity (Wildman–Crippen MR) is 96.7 cm³/mol. The van der Waals surface area contributed by atoms with E-state index in [0.717, 1.165) is 12.8 Å². The minimum Gasteiger partial charge on any atom is -0.347 e. The van der Waals surface area contributed by atoms with Crippen LogP contribution in [0.25, 0.3) is 0 Å². The van der Waals surface area contributed by atoms with Crippen molar-refractivity contribution in [2.24, 2.45) is 0 Å². The lowest BCUT2D eigenvalue weighted by Crippen LogP contribution is -2.34. The summed E-state index contributed by atoms with van der Waals surface area (Å²) < 4.78 is 24.2. The molecule has 0 spiro atoms. The maximum absolute atomic E-state index is 12.1. The Bertz CT molecular complexity index is 775. The van der Waals surface area contributed by atoms with Crippen LogP contribution in [0.3, 0.4) is 0 Å². The molecule has 7 heteroatoms. The lowest BCUT2D eigenvalue weighted by atomic mass is 10.2. The van der Waals surface area contributed by atoms with Gasteiger partial charge in [-0.2, -0.15) is 0 Å². The third kappa shape index (κ3) is 5.91. The Labute approximate surface area is 148 Å². The first-order valence-electron chi connectivity index (χ1n) is 8.25. The molecule has 2 N–H and O–H groups in total. The summed E-state index contributed by atoms with van der Waals surface area (Å²) >= 11 is 0.